The Kier molecular flexibility index (Phi) is 5.10. The second-order valence-electron chi connectivity index (χ2n) is 5.55. The van der Waals surface area contributed by atoms with Crippen LogP contribution >= 0.6 is 35.7 Å². The Morgan fingerprint density at radius 2 is 2.00 bits per heavy atom. The SMILES string of the molecule is CCC1SCCSC1c1nc(=S)c2c([nH]1)CCCCC2. The molecule has 1 aromatic heterocycles. The zero-order chi connectivity index (χ0) is 13.9. The minimum Gasteiger partial charge on any atom is -0.346 e. The van der Waals surface area contributed by atoms with E-state index in [2.05, 4.69) is 35.4 Å². The maximum Gasteiger partial charge on any atom is 0.133 e. The van der Waals surface area contributed by atoms with Crippen molar-refractivity contribution in [3.63, 3.8) is 0 Å². The van der Waals surface area contributed by atoms with Crippen molar-refractivity contribution in [1.82, 2.24) is 9.97 Å². The van der Waals surface area contributed by atoms with Crippen LogP contribution < -0.4 is 0 Å². The van der Waals surface area contributed by atoms with Gasteiger partial charge < -0.3 is 4.98 Å². The van der Waals surface area contributed by atoms with Gasteiger partial charge in [-0.3, -0.25) is 0 Å². The van der Waals surface area contributed by atoms with Gasteiger partial charge >= 0.3 is 0 Å². The third-order valence-corrected chi connectivity index (χ3v) is 7.79. The number of nitrogens with one attached hydrogen (secondary N) is 1. The molecule has 0 aromatic carbocycles. The summed E-state index contributed by atoms with van der Waals surface area (Å²) in [4.78, 5) is 8.44. The van der Waals surface area contributed by atoms with Crippen molar-refractivity contribution < 1.29 is 0 Å². The summed E-state index contributed by atoms with van der Waals surface area (Å²) in [5.41, 5.74) is 2.70. The monoisotopic (exact) mass is 326 g/mol. The molecule has 0 bridgehead atoms. The summed E-state index contributed by atoms with van der Waals surface area (Å²) in [6, 6.07) is 0. The van der Waals surface area contributed by atoms with E-state index in [1.54, 1.807) is 0 Å². The normalized spacial score (nSPS) is 26.9. The van der Waals surface area contributed by atoms with Crippen molar-refractivity contribution in [3.05, 3.63) is 21.7 Å². The van der Waals surface area contributed by atoms with Gasteiger partial charge in [0.15, 0.2) is 0 Å². The first-order chi connectivity index (χ1) is 9.79. The predicted molar refractivity (Wildman–Crippen MR) is 92.4 cm³/mol. The molecule has 2 aliphatic rings. The largest absolute Gasteiger partial charge is 0.346 e. The van der Waals surface area contributed by atoms with E-state index in [9.17, 15) is 0 Å². The van der Waals surface area contributed by atoms with Crippen LogP contribution in [0.15, 0.2) is 0 Å². The summed E-state index contributed by atoms with van der Waals surface area (Å²) in [5, 5.41) is 1.17. The van der Waals surface area contributed by atoms with Crippen LogP contribution in [-0.2, 0) is 12.8 Å². The minimum absolute atomic E-state index is 0.494. The van der Waals surface area contributed by atoms with Crippen molar-refractivity contribution in [2.45, 2.75) is 55.9 Å². The van der Waals surface area contributed by atoms with Gasteiger partial charge in [-0.1, -0.05) is 25.6 Å². The number of aromatic amines is 1. The van der Waals surface area contributed by atoms with Crippen LogP contribution in [0.3, 0.4) is 0 Å². The molecule has 1 aliphatic carbocycles. The zero-order valence-corrected chi connectivity index (χ0v) is 14.4. The molecule has 1 fully saturated rings. The highest BCUT2D eigenvalue weighted by Gasteiger charge is 2.29. The molecule has 1 aromatic rings. The van der Waals surface area contributed by atoms with Gasteiger partial charge in [0.25, 0.3) is 0 Å². The van der Waals surface area contributed by atoms with E-state index in [0.717, 1.165) is 23.3 Å². The standard InChI is InChI=1S/C15H22N2S3/c1-2-12-13(20-9-8-19-12)14-16-11-7-5-3-4-6-10(11)15(18)17-14/h12-13H,2-9H2,1H3,(H,16,17,18). The molecule has 2 atom stereocenters. The second-order valence-corrected chi connectivity index (χ2v) is 8.54. The Labute approximate surface area is 134 Å². The fourth-order valence-corrected chi connectivity index (χ4v) is 6.44. The Hall–Kier alpha value is -0.0000000000000000555. The highest BCUT2D eigenvalue weighted by Crippen LogP contribution is 2.43. The molecule has 2 heterocycles. The van der Waals surface area contributed by atoms with Gasteiger partial charge in [0.05, 0.1) is 5.25 Å². The van der Waals surface area contributed by atoms with Crippen LogP contribution in [-0.4, -0.2) is 26.7 Å². The number of hydrogen-bond donors (Lipinski definition) is 1. The average molecular weight is 327 g/mol. The van der Waals surface area contributed by atoms with Gasteiger partial charge in [0.2, 0.25) is 0 Å². The summed E-state index contributed by atoms with van der Waals surface area (Å²) in [7, 11) is 0. The summed E-state index contributed by atoms with van der Waals surface area (Å²) in [6.07, 6.45) is 7.33. The van der Waals surface area contributed by atoms with Gasteiger partial charge in [-0.2, -0.15) is 11.8 Å². The molecular formula is C15H22N2S3. The van der Waals surface area contributed by atoms with Crippen molar-refractivity contribution in [2.24, 2.45) is 0 Å². The molecule has 0 spiro atoms. The van der Waals surface area contributed by atoms with Crippen molar-refractivity contribution in [2.75, 3.05) is 11.5 Å². The highest BCUT2D eigenvalue weighted by atomic mass is 32.2. The number of fused-ring (bicyclic) bond motifs is 1. The van der Waals surface area contributed by atoms with Crippen LogP contribution in [0.2, 0.25) is 0 Å². The van der Waals surface area contributed by atoms with E-state index in [1.807, 2.05) is 0 Å². The first-order valence-corrected chi connectivity index (χ1v) is 10.2. The van der Waals surface area contributed by atoms with Crippen molar-refractivity contribution in [3.8, 4) is 0 Å². The average Bonchev–Trinajstić information content (AvgIpc) is 2.73. The van der Waals surface area contributed by atoms with Crippen LogP contribution in [0.5, 0.6) is 0 Å². The van der Waals surface area contributed by atoms with Crippen LogP contribution in [0.4, 0.5) is 0 Å². The van der Waals surface area contributed by atoms with Gasteiger partial charge in [-0.25, -0.2) is 4.98 Å². The first kappa shape index (κ1) is 14.9. The zero-order valence-electron chi connectivity index (χ0n) is 12.0. The van der Waals surface area contributed by atoms with E-state index in [0.29, 0.717) is 10.5 Å². The van der Waals surface area contributed by atoms with Crippen LogP contribution in [0.25, 0.3) is 0 Å². The van der Waals surface area contributed by atoms with E-state index < -0.39 is 0 Å². The van der Waals surface area contributed by atoms with Gasteiger partial charge in [0, 0.05) is 28.0 Å². The topological polar surface area (TPSA) is 28.7 Å². The molecule has 0 amide bonds. The van der Waals surface area contributed by atoms with E-state index in [4.69, 9.17) is 17.2 Å². The Balaban J connectivity index is 1.95. The number of H-pyrrole nitrogens is 1. The van der Waals surface area contributed by atoms with E-state index >= 15 is 0 Å². The number of aromatic nitrogens is 2. The molecule has 2 nitrogen and oxygen atoms in total. The van der Waals surface area contributed by atoms with Crippen LogP contribution in [0.1, 0.15) is 54.9 Å². The fraction of sp³-hybridized carbons (Fsp3) is 0.733. The number of nitrogens with zero attached hydrogens (tertiary/aromatic N) is 1. The molecule has 1 saturated heterocycles. The minimum atomic E-state index is 0.494. The maximum absolute atomic E-state index is 5.58. The summed E-state index contributed by atoms with van der Waals surface area (Å²) in [6.45, 7) is 2.29. The van der Waals surface area contributed by atoms with Gasteiger partial charge in [-0.15, -0.1) is 11.8 Å². The lowest BCUT2D eigenvalue weighted by Crippen LogP contribution is -2.21. The summed E-state index contributed by atoms with van der Waals surface area (Å²) in [5.74, 6) is 3.64. The smallest absolute Gasteiger partial charge is 0.133 e. The molecular weight excluding hydrogens is 304 g/mol. The second kappa shape index (κ2) is 6.84. The maximum atomic E-state index is 5.58. The molecule has 3 rings (SSSR count). The summed E-state index contributed by atoms with van der Waals surface area (Å²) < 4.78 is 0.863. The molecule has 110 valence electrons. The third kappa shape index (κ3) is 3.09. The lowest BCUT2D eigenvalue weighted by atomic mass is 10.1. The molecule has 0 saturated carbocycles. The molecule has 5 heteroatoms. The van der Waals surface area contributed by atoms with Gasteiger partial charge in [-0.05, 0) is 32.1 Å². The van der Waals surface area contributed by atoms with E-state index in [1.165, 1.54) is 48.4 Å². The lowest BCUT2D eigenvalue weighted by Gasteiger charge is -2.29. The Bertz CT molecular complexity index is 526. The molecule has 0 radical (unpaired) electrons. The number of thioether (sulfide) groups is 2. The van der Waals surface area contributed by atoms with Crippen molar-refractivity contribution in [1.29, 1.82) is 0 Å². The predicted octanol–water partition coefficient (Wildman–Crippen LogP) is 4.71. The summed E-state index contributed by atoms with van der Waals surface area (Å²) >= 11 is 9.73. The molecule has 1 aliphatic heterocycles. The van der Waals surface area contributed by atoms with E-state index in [-0.39, 0.29) is 0 Å². The Morgan fingerprint density at radius 1 is 1.20 bits per heavy atom. The first-order valence-electron chi connectivity index (χ1n) is 7.64. The number of hydrogen-bond acceptors (Lipinski definition) is 4. The Morgan fingerprint density at radius 3 is 2.85 bits per heavy atom. The number of rotatable bonds is 2. The van der Waals surface area contributed by atoms with Crippen LogP contribution in [0, 0.1) is 4.64 Å². The molecule has 20 heavy (non-hydrogen) atoms. The van der Waals surface area contributed by atoms with Crippen molar-refractivity contribution >= 4 is 35.7 Å². The lowest BCUT2D eigenvalue weighted by molar-refractivity contribution is 0.705. The van der Waals surface area contributed by atoms with Gasteiger partial charge in [0.1, 0.15) is 10.5 Å². The number of aryl methyl sites for hydroxylation is 1. The quantitative estimate of drug-likeness (QED) is 0.629. The molecule has 2 unspecified atom stereocenters. The highest BCUT2D eigenvalue weighted by molar-refractivity contribution is 8.06. The third-order valence-electron chi connectivity index (χ3n) is 4.20. The molecule has 1 N–H and O–H groups in total. The fourth-order valence-electron chi connectivity index (χ4n) is 3.11.